The molecule has 0 aliphatic rings. The maximum Gasteiger partial charge on any atom is 0.128 e. The summed E-state index contributed by atoms with van der Waals surface area (Å²) < 4.78 is 14.7. The van der Waals surface area contributed by atoms with Crippen LogP contribution in [0, 0.1) is 5.82 Å². The van der Waals surface area contributed by atoms with E-state index in [0.717, 1.165) is 10.0 Å². The van der Waals surface area contributed by atoms with Crippen LogP contribution < -0.4 is 5.32 Å². The average molecular weight is 294 g/mol. The molecule has 0 aromatic heterocycles. The fourth-order valence-electron chi connectivity index (χ4n) is 1.88. The Kier molecular flexibility index (Phi) is 3.92. The third-order valence-electron chi connectivity index (χ3n) is 2.69. The minimum absolute atomic E-state index is 0.131. The standard InChI is InChI=1S/C14H13BrFN/c1-17-14(10-5-3-2-4-6-10)12-9-11(15)7-8-13(12)16/h2-9,14,17H,1H3. The molecule has 0 aliphatic heterocycles. The van der Waals surface area contributed by atoms with Crippen LogP contribution in [0.5, 0.6) is 0 Å². The van der Waals surface area contributed by atoms with E-state index in [1.165, 1.54) is 6.07 Å². The molecule has 0 heterocycles. The highest BCUT2D eigenvalue weighted by molar-refractivity contribution is 9.10. The molecule has 0 bridgehead atoms. The number of halogens is 2. The van der Waals surface area contributed by atoms with Crippen LogP contribution in [-0.2, 0) is 0 Å². The van der Waals surface area contributed by atoms with E-state index in [0.29, 0.717) is 5.56 Å². The van der Waals surface area contributed by atoms with Gasteiger partial charge in [0.25, 0.3) is 0 Å². The molecule has 3 heteroatoms. The van der Waals surface area contributed by atoms with Crippen LogP contribution in [0.3, 0.4) is 0 Å². The first-order chi connectivity index (χ1) is 8.22. The smallest absolute Gasteiger partial charge is 0.128 e. The number of benzene rings is 2. The van der Waals surface area contributed by atoms with Gasteiger partial charge in [0.1, 0.15) is 5.82 Å². The van der Waals surface area contributed by atoms with Crippen molar-refractivity contribution >= 4 is 15.9 Å². The van der Waals surface area contributed by atoms with Gasteiger partial charge in [-0.15, -0.1) is 0 Å². The lowest BCUT2D eigenvalue weighted by Crippen LogP contribution is -2.18. The van der Waals surface area contributed by atoms with Gasteiger partial charge >= 0.3 is 0 Å². The highest BCUT2D eigenvalue weighted by Crippen LogP contribution is 2.26. The first kappa shape index (κ1) is 12.3. The van der Waals surface area contributed by atoms with Crippen molar-refractivity contribution in [1.29, 1.82) is 0 Å². The van der Waals surface area contributed by atoms with E-state index in [1.54, 1.807) is 6.07 Å². The molecule has 2 aromatic rings. The zero-order chi connectivity index (χ0) is 12.3. The second kappa shape index (κ2) is 5.43. The maximum absolute atomic E-state index is 13.8. The van der Waals surface area contributed by atoms with Crippen molar-refractivity contribution in [3.63, 3.8) is 0 Å². The summed E-state index contributed by atoms with van der Waals surface area (Å²) >= 11 is 3.37. The summed E-state index contributed by atoms with van der Waals surface area (Å²) in [5, 5.41) is 3.14. The molecule has 88 valence electrons. The van der Waals surface area contributed by atoms with Crippen molar-refractivity contribution in [2.75, 3.05) is 7.05 Å². The molecule has 0 fully saturated rings. The lowest BCUT2D eigenvalue weighted by atomic mass is 9.98. The molecule has 0 amide bonds. The Balaban J connectivity index is 2.46. The van der Waals surface area contributed by atoms with Crippen LogP contribution in [0.2, 0.25) is 0 Å². The van der Waals surface area contributed by atoms with Crippen molar-refractivity contribution in [3.8, 4) is 0 Å². The summed E-state index contributed by atoms with van der Waals surface area (Å²) in [6, 6.07) is 14.7. The van der Waals surface area contributed by atoms with Gasteiger partial charge in [-0.25, -0.2) is 4.39 Å². The second-order valence-corrected chi connectivity index (χ2v) is 4.71. The molecule has 1 nitrogen and oxygen atoms in total. The zero-order valence-corrected chi connectivity index (χ0v) is 11.0. The third-order valence-corrected chi connectivity index (χ3v) is 3.18. The largest absolute Gasteiger partial charge is 0.309 e. The molecule has 2 rings (SSSR count). The SMILES string of the molecule is CNC(c1ccccc1)c1cc(Br)ccc1F. The molecular formula is C14H13BrFN. The maximum atomic E-state index is 13.8. The average Bonchev–Trinajstić information content (AvgIpc) is 2.36. The Bertz CT molecular complexity index is 499. The van der Waals surface area contributed by atoms with E-state index in [4.69, 9.17) is 0 Å². The Labute approximate surface area is 109 Å². The zero-order valence-electron chi connectivity index (χ0n) is 9.45. The van der Waals surface area contributed by atoms with Crippen molar-refractivity contribution < 1.29 is 4.39 Å². The van der Waals surface area contributed by atoms with Crippen LogP contribution in [0.25, 0.3) is 0 Å². The van der Waals surface area contributed by atoms with E-state index in [2.05, 4.69) is 21.2 Å². The van der Waals surface area contributed by atoms with Crippen LogP contribution in [0.15, 0.2) is 53.0 Å². The highest BCUT2D eigenvalue weighted by Gasteiger charge is 2.15. The Morgan fingerprint density at radius 3 is 2.47 bits per heavy atom. The third kappa shape index (κ3) is 2.73. The van der Waals surface area contributed by atoms with Crippen molar-refractivity contribution in [2.24, 2.45) is 0 Å². The van der Waals surface area contributed by atoms with Crippen molar-refractivity contribution in [2.45, 2.75) is 6.04 Å². The van der Waals surface area contributed by atoms with E-state index < -0.39 is 0 Å². The second-order valence-electron chi connectivity index (χ2n) is 3.80. The summed E-state index contributed by atoms with van der Waals surface area (Å²) in [7, 11) is 1.83. The fraction of sp³-hybridized carbons (Fsp3) is 0.143. The quantitative estimate of drug-likeness (QED) is 0.905. The first-order valence-electron chi connectivity index (χ1n) is 5.39. The summed E-state index contributed by atoms with van der Waals surface area (Å²) in [5.41, 5.74) is 1.69. The fourth-order valence-corrected chi connectivity index (χ4v) is 2.26. The van der Waals surface area contributed by atoms with Gasteiger partial charge in [0.15, 0.2) is 0 Å². The van der Waals surface area contributed by atoms with Gasteiger partial charge in [0, 0.05) is 10.0 Å². The van der Waals surface area contributed by atoms with Gasteiger partial charge in [-0.05, 0) is 30.8 Å². The summed E-state index contributed by atoms with van der Waals surface area (Å²) in [5.74, 6) is -0.198. The summed E-state index contributed by atoms with van der Waals surface area (Å²) in [6.07, 6.45) is 0. The minimum atomic E-state index is -0.198. The number of hydrogen-bond acceptors (Lipinski definition) is 1. The summed E-state index contributed by atoms with van der Waals surface area (Å²) in [4.78, 5) is 0. The predicted molar refractivity (Wildman–Crippen MR) is 71.4 cm³/mol. The van der Waals surface area contributed by atoms with Crippen LogP contribution in [-0.4, -0.2) is 7.05 Å². The van der Waals surface area contributed by atoms with Crippen molar-refractivity contribution in [1.82, 2.24) is 5.32 Å². The van der Waals surface area contributed by atoms with E-state index in [1.807, 2.05) is 43.4 Å². The first-order valence-corrected chi connectivity index (χ1v) is 6.19. The monoisotopic (exact) mass is 293 g/mol. The Morgan fingerprint density at radius 2 is 1.82 bits per heavy atom. The topological polar surface area (TPSA) is 12.0 Å². The van der Waals surface area contributed by atoms with E-state index in [-0.39, 0.29) is 11.9 Å². The molecule has 17 heavy (non-hydrogen) atoms. The summed E-state index contributed by atoms with van der Waals surface area (Å²) in [6.45, 7) is 0. The van der Waals surface area contributed by atoms with Gasteiger partial charge in [-0.3, -0.25) is 0 Å². The molecule has 0 radical (unpaired) electrons. The lowest BCUT2D eigenvalue weighted by molar-refractivity contribution is 0.576. The predicted octanol–water partition coefficient (Wildman–Crippen LogP) is 3.90. The van der Waals surface area contributed by atoms with Gasteiger partial charge in [-0.1, -0.05) is 46.3 Å². The molecule has 1 atom stereocenters. The van der Waals surface area contributed by atoms with E-state index >= 15 is 0 Å². The molecule has 1 N–H and O–H groups in total. The van der Waals surface area contributed by atoms with Gasteiger partial charge in [-0.2, -0.15) is 0 Å². The molecule has 0 spiro atoms. The molecule has 2 aromatic carbocycles. The normalized spacial score (nSPS) is 12.4. The lowest BCUT2D eigenvalue weighted by Gasteiger charge is -2.18. The van der Waals surface area contributed by atoms with Crippen molar-refractivity contribution in [3.05, 3.63) is 69.9 Å². The molecule has 0 saturated heterocycles. The Hall–Kier alpha value is -1.19. The number of nitrogens with one attached hydrogen (secondary N) is 1. The molecule has 1 unspecified atom stereocenters. The van der Waals surface area contributed by atoms with Crippen LogP contribution in [0.1, 0.15) is 17.2 Å². The van der Waals surface area contributed by atoms with Crippen LogP contribution >= 0.6 is 15.9 Å². The van der Waals surface area contributed by atoms with E-state index in [9.17, 15) is 4.39 Å². The van der Waals surface area contributed by atoms with Gasteiger partial charge in [0.05, 0.1) is 6.04 Å². The van der Waals surface area contributed by atoms with Gasteiger partial charge < -0.3 is 5.32 Å². The molecule has 0 aliphatic carbocycles. The molecule has 0 saturated carbocycles. The minimum Gasteiger partial charge on any atom is -0.309 e. The number of hydrogen-bond donors (Lipinski definition) is 1. The van der Waals surface area contributed by atoms with Gasteiger partial charge in [0.2, 0.25) is 0 Å². The Morgan fingerprint density at radius 1 is 1.12 bits per heavy atom. The highest BCUT2D eigenvalue weighted by atomic mass is 79.9. The van der Waals surface area contributed by atoms with Crippen LogP contribution in [0.4, 0.5) is 4.39 Å². The molecular weight excluding hydrogens is 281 g/mol. The number of rotatable bonds is 3.